The van der Waals surface area contributed by atoms with Crippen LogP contribution in [-0.2, 0) is 0 Å². The molecule has 108 valence electrons. The van der Waals surface area contributed by atoms with E-state index in [2.05, 4.69) is 78.1 Å². The molecule has 1 nitrogen and oxygen atoms in total. The standard InChI is InChI=1S/C16H11Br3OS/c1-20-13-7-6-11(9-4-2-3-5-10(9)13)15(18)12-8-14(17)21-16(12)19/h2-8,15H,1H3. The van der Waals surface area contributed by atoms with E-state index in [0.29, 0.717) is 0 Å². The number of benzene rings is 2. The van der Waals surface area contributed by atoms with Crippen molar-refractivity contribution in [3.63, 3.8) is 0 Å². The number of methoxy groups -OCH3 is 1. The van der Waals surface area contributed by atoms with Gasteiger partial charge in [-0.3, -0.25) is 0 Å². The second-order valence-electron chi connectivity index (χ2n) is 4.54. The Bertz CT molecular complexity index is 797. The Balaban J connectivity index is 2.19. The molecule has 21 heavy (non-hydrogen) atoms. The third-order valence-electron chi connectivity index (χ3n) is 3.37. The Morgan fingerprint density at radius 3 is 2.33 bits per heavy atom. The van der Waals surface area contributed by atoms with Crippen molar-refractivity contribution in [3.8, 4) is 5.75 Å². The Morgan fingerprint density at radius 1 is 1.00 bits per heavy atom. The van der Waals surface area contributed by atoms with E-state index in [-0.39, 0.29) is 4.83 Å². The van der Waals surface area contributed by atoms with Crippen molar-refractivity contribution < 1.29 is 4.74 Å². The van der Waals surface area contributed by atoms with E-state index in [1.54, 1.807) is 18.4 Å². The molecule has 0 fully saturated rings. The summed E-state index contributed by atoms with van der Waals surface area (Å²) < 4.78 is 7.72. The van der Waals surface area contributed by atoms with Crippen LogP contribution in [0.3, 0.4) is 0 Å². The Morgan fingerprint density at radius 2 is 1.71 bits per heavy atom. The fraction of sp³-hybridized carbons (Fsp3) is 0.125. The molecular weight excluding hydrogens is 480 g/mol. The molecule has 0 radical (unpaired) electrons. The Labute approximate surface area is 152 Å². The van der Waals surface area contributed by atoms with Crippen LogP contribution in [0.4, 0.5) is 0 Å². The zero-order chi connectivity index (χ0) is 15.0. The van der Waals surface area contributed by atoms with E-state index in [0.717, 1.165) is 18.7 Å². The molecule has 0 saturated heterocycles. The number of halogens is 3. The van der Waals surface area contributed by atoms with Crippen LogP contribution in [0.2, 0.25) is 0 Å². The molecule has 0 amide bonds. The highest BCUT2D eigenvalue weighted by Crippen LogP contribution is 2.44. The number of hydrogen-bond donors (Lipinski definition) is 0. The lowest BCUT2D eigenvalue weighted by Gasteiger charge is -2.15. The van der Waals surface area contributed by atoms with Crippen LogP contribution in [0.1, 0.15) is 16.0 Å². The molecule has 0 aliphatic heterocycles. The summed E-state index contributed by atoms with van der Waals surface area (Å²) in [4.78, 5) is 0.130. The molecular formula is C16H11Br3OS. The largest absolute Gasteiger partial charge is 0.496 e. The summed E-state index contributed by atoms with van der Waals surface area (Å²) in [7, 11) is 1.71. The zero-order valence-corrected chi connectivity index (χ0v) is 16.6. The van der Waals surface area contributed by atoms with Gasteiger partial charge < -0.3 is 4.74 Å². The molecule has 0 saturated carbocycles. The quantitative estimate of drug-likeness (QED) is 0.362. The van der Waals surface area contributed by atoms with Gasteiger partial charge in [-0.25, -0.2) is 0 Å². The van der Waals surface area contributed by atoms with Gasteiger partial charge in [0.15, 0.2) is 0 Å². The Kier molecular flexibility index (Phi) is 4.74. The number of fused-ring (bicyclic) bond motifs is 1. The van der Waals surface area contributed by atoms with Gasteiger partial charge in [0, 0.05) is 5.39 Å². The average molecular weight is 491 g/mol. The van der Waals surface area contributed by atoms with Gasteiger partial charge in [0.1, 0.15) is 5.75 Å². The average Bonchev–Trinajstić information content (AvgIpc) is 2.84. The van der Waals surface area contributed by atoms with Crippen molar-refractivity contribution in [2.75, 3.05) is 7.11 Å². The second-order valence-corrected chi connectivity index (χ2v) is 9.21. The van der Waals surface area contributed by atoms with Crippen molar-refractivity contribution in [2.24, 2.45) is 0 Å². The van der Waals surface area contributed by atoms with Crippen molar-refractivity contribution in [1.29, 1.82) is 0 Å². The van der Waals surface area contributed by atoms with Crippen LogP contribution in [0.15, 0.2) is 50.0 Å². The van der Waals surface area contributed by atoms with E-state index in [9.17, 15) is 0 Å². The van der Waals surface area contributed by atoms with Gasteiger partial charge in [0.05, 0.1) is 19.5 Å². The molecule has 0 aliphatic rings. The lowest BCUT2D eigenvalue weighted by atomic mass is 9.99. The van der Waals surface area contributed by atoms with Gasteiger partial charge in [0.25, 0.3) is 0 Å². The summed E-state index contributed by atoms with van der Waals surface area (Å²) in [5, 5.41) is 2.33. The molecule has 0 bridgehead atoms. The lowest BCUT2D eigenvalue weighted by Crippen LogP contribution is -1.95. The van der Waals surface area contributed by atoms with E-state index in [4.69, 9.17) is 4.74 Å². The minimum atomic E-state index is 0.130. The van der Waals surface area contributed by atoms with Crippen molar-refractivity contribution in [1.82, 2.24) is 0 Å². The minimum absolute atomic E-state index is 0.130. The first-order valence-corrected chi connectivity index (χ1v) is 9.58. The van der Waals surface area contributed by atoms with E-state index >= 15 is 0 Å². The van der Waals surface area contributed by atoms with Crippen LogP contribution in [0.5, 0.6) is 5.75 Å². The van der Waals surface area contributed by atoms with Gasteiger partial charge in [-0.1, -0.05) is 46.3 Å². The Hall–Kier alpha value is -0.360. The summed E-state index contributed by atoms with van der Waals surface area (Å²) in [5.74, 6) is 0.902. The van der Waals surface area contributed by atoms with Crippen LogP contribution in [-0.4, -0.2) is 7.11 Å². The number of alkyl halides is 1. The van der Waals surface area contributed by atoms with Crippen molar-refractivity contribution in [3.05, 3.63) is 61.2 Å². The maximum Gasteiger partial charge on any atom is 0.126 e. The van der Waals surface area contributed by atoms with E-state index in [1.807, 2.05) is 12.1 Å². The van der Waals surface area contributed by atoms with Crippen LogP contribution < -0.4 is 4.74 Å². The molecule has 0 aliphatic carbocycles. The number of thiophene rings is 1. The highest BCUT2D eigenvalue weighted by molar-refractivity contribution is 9.12. The van der Waals surface area contributed by atoms with Crippen LogP contribution in [0, 0.1) is 0 Å². The summed E-state index contributed by atoms with van der Waals surface area (Å²) >= 11 is 12.7. The normalized spacial score (nSPS) is 12.6. The fourth-order valence-electron chi connectivity index (χ4n) is 2.39. The predicted molar refractivity (Wildman–Crippen MR) is 101 cm³/mol. The monoisotopic (exact) mass is 488 g/mol. The molecule has 1 aromatic heterocycles. The highest BCUT2D eigenvalue weighted by Gasteiger charge is 2.19. The molecule has 5 heteroatoms. The fourth-order valence-corrected chi connectivity index (χ4v) is 6.51. The minimum Gasteiger partial charge on any atom is -0.496 e. The molecule has 3 rings (SSSR count). The lowest BCUT2D eigenvalue weighted by molar-refractivity contribution is 0.419. The number of rotatable bonds is 3. The molecule has 1 heterocycles. The molecule has 1 unspecified atom stereocenters. The summed E-state index contributed by atoms with van der Waals surface area (Å²) in [6, 6.07) is 14.6. The number of ether oxygens (including phenoxy) is 1. The first-order valence-electron chi connectivity index (χ1n) is 6.26. The zero-order valence-electron chi connectivity index (χ0n) is 11.1. The van der Waals surface area contributed by atoms with Gasteiger partial charge >= 0.3 is 0 Å². The molecule has 0 N–H and O–H groups in total. The molecule has 0 spiro atoms. The van der Waals surface area contributed by atoms with Crippen LogP contribution >= 0.6 is 59.1 Å². The van der Waals surface area contributed by atoms with Gasteiger partial charge in [-0.15, -0.1) is 11.3 Å². The third-order valence-corrected chi connectivity index (χ3v) is 6.74. The molecule has 3 aromatic rings. The second kappa shape index (κ2) is 6.41. The summed E-state index contributed by atoms with van der Waals surface area (Å²) in [5.41, 5.74) is 2.46. The van der Waals surface area contributed by atoms with Gasteiger partial charge in [0.2, 0.25) is 0 Å². The third kappa shape index (κ3) is 2.93. The summed E-state index contributed by atoms with van der Waals surface area (Å²) in [6.45, 7) is 0. The first-order chi connectivity index (χ1) is 10.1. The molecule has 1 atom stereocenters. The van der Waals surface area contributed by atoms with Crippen molar-refractivity contribution in [2.45, 2.75) is 4.83 Å². The van der Waals surface area contributed by atoms with Crippen molar-refractivity contribution >= 4 is 69.9 Å². The summed E-state index contributed by atoms with van der Waals surface area (Å²) in [6.07, 6.45) is 0. The topological polar surface area (TPSA) is 9.23 Å². The maximum absolute atomic E-state index is 5.47. The van der Waals surface area contributed by atoms with Crippen LogP contribution in [0.25, 0.3) is 10.8 Å². The predicted octanol–water partition coefficient (Wildman–Crippen LogP) is 6.92. The smallest absolute Gasteiger partial charge is 0.126 e. The van der Waals surface area contributed by atoms with Gasteiger partial charge in [-0.2, -0.15) is 0 Å². The maximum atomic E-state index is 5.47. The number of hydrogen-bond acceptors (Lipinski definition) is 2. The van der Waals surface area contributed by atoms with Gasteiger partial charge in [-0.05, 0) is 60.5 Å². The van der Waals surface area contributed by atoms with E-state index < -0.39 is 0 Å². The first kappa shape index (κ1) is 15.5. The van der Waals surface area contributed by atoms with E-state index in [1.165, 1.54) is 16.5 Å². The highest BCUT2D eigenvalue weighted by atomic mass is 79.9. The molecule has 2 aromatic carbocycles. The SMILES string of the molecule is COc1ccc(C(Br)c2cc(Br)sc2Br)c2ccccc12.